The highest BCUT2D eigenvalue weighted by Crippen LogP contribution is 2.36. The SMILES string of the molecule is COCCC1(C(N)=O)CCCN(Cc2ccccc2C(F)(F)F)C1. The number of piperidine rings is 1. The highest BCUT2D eigenvalue weighted by atomic mass is 19.4. The zero-order chi connectivity index (χ0) is 17.8. The first kappa shape index (κ1) is 18.7. The van der Waals surface area contributed by atoms with Gasteiger partial charge in [0, 0.05) is 26.8 Å². The number of primary amides is 1. The van der Waals surface area contributed by atoms with Gasteiger partial charge in [-0.25, -0.2) is 0 Å². The van der Waals surface area contributed by atoms with Gasteiger partial charge in [0.1, 0.15) is 0 Å². The van der Waals surface area contributed by atoms with Gasteiger partial charge in [-0.15, -0.1) is 0 Å². The third-order valence-corrected chi connectivity index (χ3v) is 4.68. The maximum Gasteiger partial charge on any atom is 0.416 e. The molecule has 0 spiro atoms. The van der Waals surface area contributed by atoms with Gasteiger partial charge in [-0.05, 0) is 37.4 Å². The highest BCUT2D eigenvalue weighted by molar-refractivity contribution is 5.81. The molecule has 7 heteroatoms. The number of hydrogen-bond donors (Lipinski definition) is 1. The topological polar surface area (TPSA) is 55.6 Å². The van der Waals surface area contributed by atoms with Crippen LogP contribution >= 0.6 is 0 Å². The summed E-state index contributed by atoms with van der Waals surface area (Å²) in [6, 6.07) is 5.56. The fraction of sp³-hybridized carbons (Fsp3) is 0.588. The van der Waals surface area contributed by atoms with Crippen LogP contribution in [0.25, 0.3) is 0 Å². The maximum atomic E-state index is 13.1. The Kier molecular flexibility index (Phi) is 5.87. The van der Waals surface area contributed by atoms with Gasteiger partial charge in [-0.2, -0.15) is 13.2 Å². The van der Waals surface area contributed by atoms with E-state index >= 15 is 0 Å². The summed E-state index contributed by atoms with van der Waals surface area (Å²) in [4.78, 5) is 13.8. The van der Waals surface area contributed by atoms with Crippen molar-refractivity contribution >= 4 is 5.91 Å². The van der Waals surface area contributed by atoms with Crippen LogP contribution < -0.4 is 5.73 Å². The van der Waals surface area contributed by atoms with Crippen LogP contribution in [0.2, 0.25) is 0 Å². The third-order valence-electron chi connectivity index (χ3n) is 4.68. The Balaban J connectivity index is 2.17. The number of carbonyl (C=O) groups excluding carboxylic acids is 1. The lowest BCUT2D eigenvalue weighted by atomic mass is 9.76. The highest BCUT2D eigenvalue weighted by Gasteiger charge is 2.41. The van der Waals surface area contributed by atoms with Crippen LogP contribution in [0.3, 0.4) is 0 Å². The Morgan fingerprint density at radius 3 is 2.71 bits per heavy atom. The van der Waals surface area contributed by atoms with E-state index in [0.717, 1.165) is 12.5 Å². The minimum Gasteiger partial charge on any atom is -0.385 e. The molecule has 0 bridgehead atoms. The largest absolute Gasteiger partial charge is 0.416 e. The molecule has 1 atom stereocenters. The summed E-state index contributed by atoms with van der Waals surface area (Å²) in [7, 11) is 1.55. The second-order valence-corrected chi connectivity index (χ2v) is 6.36. The van der Waals surface area contributed by atoms with Crippen molar-refractivity contribution in [1.29, 1.82) is 0 Å². The first-order valence-electron chi connectivity index (χ1n) is 7.95. The second kappa shape index (κ2) is 7.53. The van der Waals surface area contributed by atoms with Gasteiger partial charge in [0.25, 0.3) is 0 Å². The first-order valence-corrected chi connectivity index (χ1v) is 7.95. The van der Waals surface area contributed by atoms with Gasteiger partial charge >= 0.3 is 6.18 Å². The molecule has 1 aromatic rings. The van der Waals surface area contributed by atoms with Gasteiger partial charge < -0.3 is 10.5 Å². The lowest BCUT2D eigenvalue weighted by Crippen LogP contribution is -2.50. The molecule has 1 heterocycles. The molecule has 1 aliphatic heterocycles. The van der Waals surface area contributed by atoms with E-state index in [-0.39, 0.29) is 12.1 Å². The summed E-state index contributed by atoms with van der Waals surface area (Å²) in [6.07, 6.45) is -2.54. The number of likely N-dealkylation sites (tertiary alicyclic amines) is 1. The van der Waals surface area contributed by atoms with Crippen molar-refractivity contribution in [2.75, 3.05) is 26.8 Å². The second-order valence-electron chi connectivity index (χ2n) is 6.36. The number of nitrogens with two attached hydrogens (primary N) is 1. The lowest BCUT2D eigenvalue weighted by Gasteiger charge is -2.41. The van der Waals surface area contributed by atoms with Crippen LogP contribution in [0, 0.1) is 5.41 Å². The van der Waals surface area contributed by atoms with Crippen LogP contribution in [-0.4, -0.2) is 37.6 Å². The van der Waals surface area contributed by atoms with Gasteiger partial charge in [-0.1, -0.05) is 18.2 Å². The van der Waals surface area contributed by atoms with Crippen LogP contribution in [-0.2, 0) is 22.3 Å². The molecule has 1 aromatic carbocycles. The Morgan fingerprint density at radius 2 is 2.08 bits per heavy atom. The van der Waals surface area contributed by atoms with Crippen molar-refractivity contribution in [3.63, 3.8) is 0 Å². The third kappa shape index (κ3) is 4.27. The number of benzene rings is 1. The number of halogens is 3. The number of methoxy groups -OCH3 is 1. The molecule has 0 aromatic heterocycles. The molecule has 0 aliphatic carbocycles. The van der Waals surface area contributed by atoms with E-state index in [2.05, 4.69) is 0 Å². The van der Waals surface area contributed by atoms with Crippen molar-refractivity contribution < 1.29 is 22.7 Å². The first-order chi connectivity index (χ1) is 11.3. The number of alkyl halides is 3. The summed E-state index contributed by atoms with van der Waals surface area (Å²) in [6.45, 7) is 1.56. The van der Waals surface area contributed by atoms with Crippen LogP contribution in [0.15, 0.2) is 24.3 Å². The molecule has 0 radical (unpaired) electrons. The minimum atomic E-state index is -4.39. The van der Waals surface area contributed by atoms with E-state index < -0.39 is 23.1 Å². The molecule has 1 unspecified atom stereocenters. The standard InChI is InChI=1S/C17H23F3N2O2/c1-24-10-8-16(15(21)23)7-4-9-22(12-16)11-13-5-2-3-6-14(13)17(18,19)20/h2-3,5-6H,4,7-12H2,1H3,(H2,21,23). The number of nitrogens with zero attached hydrogens (tertiary/aromatic N) is 1. The summed E-state index contributed by atoms with van der Waals surface area (Å²) in [5.41, 5.74) is 4.45. The molecule has 1 saturated heterocycles. The summed E-state index contributed by atoms with van der Waals surface area (Å²) in [5, 5.41) is 0. The van der Waals surface area contributed by atoms with E-state index in [1.165, 1.54) is 12.1 Å². The molecule has 1 fully saturated rings. The molecule has 2 rings (SSSR count). The predicted octanol–water partition coefficient (Wildman–Crippen LogP) is 2.81. The fourth-order valence-electron chi connectivity index (χ4n) is 3.36. The monoisotopic (exact) mass is 344 g/mol. The molecular formula is C17H23F3N2O2. The zero-order valence-electron chi connectivity index (χ0n) is 13.7. The predicted molar refractivity (Wildman–Crippen MR) is 84.1 cm³/mol. The van der Waals surface area contributed by atoms with E-state index in [9.17, 15) is 18.0 Å². The van der Waals surface area contributed by atoms with Crippen LogP contribution in [0.5, 0.6) is 0 Å². The number of rotatable bonds is 6. The van der Waals surface area contributed by atoms with Gasteiger partial charge in [0.2, 0.25) is 5.91 Å². The number of ether oxygens (including phenoxy) is 1. The van der Waals surface area contributed by atoms with E-state index in [1.54, 1.807) is 13.2 Å². The molecule has 4 nitrogen and oxygen atoms in total. The van der Waals surface area contributed by atoms with Gasteiger partial charge in [-0.3, -0.25) is 9.69 Å². The van der Waals surface area contributed by atoms with Crippen molar-refractivity contribution in [2.24, 2.45) is 11.1 Å². The minimum absolute atomic E-state index is 0.150. The van der Waals surface area contributed by atoms with E-state index in [4.69, 9.17) is 10.5 Å². The molecule has 24 heavy (non-hydrogen) atoms. The van der Waals surface area contributed by atoms with Crippen molar-refractivity contribution in [2.45, 2.75) is 32.0 Å². The van der Waals surface area contributed by atoms with E-state index in [1.807, 2.05) is 4.90 Å². The van der Waals surface area contributed by atoms with Crippen molar-refractivity contribution in [3.05, 3.63) is 35.4 Å². The van der Waals surface area contributed by atoms with Gasteiger partial charge in [0.15, 0.2) is 0 Å². The Labute approximate surface area is 139 Å². The number of carbonyl (C=O) groups is 1. The average Bonchev–Trinajstić information content (AvgIpc) is 2.52. The van der Waals surface area contributed by atoms with Gasteiger partial charge in [0.05, 0.1) is 11.0 Å². The van der Waals surface area contributed by atoms with Crippen LogP contribution in [0.4, 0.5) is 13.2 Å². The molecule has 134 valence electrons. The number of hydrogen-bond acceptors (Lipinski definition) is 3. The normalized spacial score (nSPS) is 22.5. The molecule has 2 N–H and O–H groups in total. The Hall–Kier alpha value is -1.60. The molecule has 0 saturated carbocycles. The van der Waals surface area contributed by atoms with Crippen molar-refractivity contribution in [3.8, 4) is 0 Å². The summed E-state index contributed by atoms with van der Waals surface area (Å²) < 4.78 is 44.5. The average molecular weight is 344 g/mol. The zero-order valence-corrected chi connectivity index (χ0v) is 13.7. The Morgan fingerprint density at radius 1 is 1.38 bits per heavy atom. The molecule has 1 amide bonds. The number of amides is 1. The van der Waals surface area contributed by atoms with E-state index in [0.29, 0.717) is 32.5 Å². The summed E-state index contributed by atoms with van der Waals surface area (Å²) >= 11 is 0. The molecule has 1 aliphatic rings. The van der Waals surface area contributed by atoms with Crippen molar-refractivity contribution in [1.82, 2.24) is 4.90 Å². The fourth-order valence-corrected chi connectivity index (χ4v) is 3.36. The summed E-state index contributed by atoms with van der Waals surface area (Å²) in [5.74, 6) is -0.409. The quantitative estimate of drug-likeness (QED) is 0.863. The smallest absolute Gasteiger partial charge is 0.385 e. The molecular weight excluding hydrogens is 321 g/mol. The maximum absolute atomic E-state index is 13.1. The lowest BCUT2D eigenvalue weighted by molar-refractivity contribution is -0.139. The van der Waals surface area contributed by atoms with Crippen LogP contribution in [0.1, 0.15) is 30.4 Å². The Bertz CT molecular complexity index is 577.